The van der Waals surface area contributed by atoms with E-state index in [0.29, 0.717) is 0 Å². The Balaban J connectivity index is 1.57. The first-order valence-corrected chi connectivity index (χ1v) is 10.2. The quantitative estimate of drug-likeness (QED) is 0.617. The average Bonchev–Trinajstić information content (AvgIpc) is 2.91. The van der Waals surface area contributed by atoms with E-state index in [2.05, 4.69) is 71.6 Å². The second-order valence-electron chi connectivity index (χ2n) is 7.94. The normalized spacial score (nSPS) is 15.4. The van der Waals surface area contributed by atoms with Gasteiger partial charge in [-0.2, -0.15) is 5.10 Å². The highest BCUT2D eigenvalue weighted by Crippen LogP contribution is 2.26. The van der Waals surface area contributed by atoms with Crippen LogP contribution in [-0.4, -0.2) is 42.4 Å². The fraction of sp³-hybridized carbons (Fsp3) is 0.545. The number of nitrogens with zero attached hydrogens (tertiary/aromatic N) is 4. The number of rotatable bonds is 5. The molecule has 0 radical (unpaired) electrons. The lowest BCUT2D eigenvalue weighted by Crippen LogP contribution is -2.42. The first kappa shape index (κ1) is 20.2. The molecule has 1 aromatic carbocycles. The van der Waals surface area contributed by atoms with Crippen molar-refractivity contribution in [2.24, 2.45) is 12.0 Å². The standard InChI is InChI=1S/C22H34N6/c1-15(12-20-16(2)26-28(6)17(20)3)25-22(23-4)24-14-18-9-10-21-19(13-18)8-7-11-27(21)5/h9-10,13,15H,7-8,11-12,14H2,1-6H3,(H2,23,24,25). The highest BCUT2D eigenvalue weighted by atomic mass is 15.3. The van der Waals surface area contributed by atoms with Crippen molar-refractivity contribution < 1.29 is 0 Å². The summed E-state index contributed by atoms with van der Waals surface area (Å²) in [6, 6.07) is 7.06. The third-order valence-electron chi connectivity index (χ3n) is 5.73. The molecule has 0 aliphatic carbocycles. The van der Waals surface area contributed by atoms with E-state index in [-0.39, 0.29) is 6.04 Å². The van der Waals surface area contributed by atoms with E-state index in [4.69, 9.17) is 0 Å². The van der Waals surface area contributed by atoms with Crippen molar-refractivity contribution >= 4 is 11.6 Å². The Hall–Kier alpha value is -2.50. The van der Waals surface area contributed by atoms with E-state index in [0.717, 1.165) is 31.2 Å². The summed E-state index contributed by atoms with van der Waals surface area (Å²) in [6.45, 7) is 8.31. The molecule has 0 amide bonds. The van der Waals surface area contributed by atoms with E-state index in [1.54, 1.807) is 0 Å². The molecule has 1 aromatic heterocycles. The van der Waals surface area contributed by atoms with E-state index in [1.807, 2.05) is 18.8 Å². The number of nitrogens with one attached hydrogen (secondary N) is 2. The summed E-state index contributed by atoms with van der Waals surface area (Å²) in [5.41, 5.74) is 7.77. The number of fused-ring (bicyclic) bond motifs is 1. The summed E-state index contributed by atoms with van der Waals surface area (Å²) in [7, 11) is 6.00. The number of hydrogen-bond acceptors (Lipinski definition) is 3. The molecule has 2 aromatic rings. The zero-order valence-electron chi connectivity index (χ0n) is 18.1. The van der Waals surface area contributed by atoms with Gasteiger partial charge < -0.3 is 15.5 Å². The molecule has 0 saturated carbocycles. The predicted octanol–water partition coefficient (Wildman–Crippen LogP) is 2.72. The molecule has 6 heteroatoms. The zero-order chi connectivity index (χ0) is 20.3. The van der Waals surface area contributed by atoms with Crippen LogP contribution < -0.4 is 15.5 Å². The molecule has 3 rings (SSSR count). The van der Waals surface area contributed by atoms with Crippen LogP contribution in [-0.2, 0) is 26.4 Å². The van der Waals surface area contributed by atoms with Crippen LogP contribution in [0.25, 0.3) is 0 Å². The second-order valence-corrected chi connectivity index (χ2v) is 7.94. The van der Waals surface area contributed by atoms with Gasteiger partial charge in [-0.1, -0.05) is 12.1 Å². The molecule has 0 fully saturated rings. The number of guanidine groups is 1. The van der Waals surface area contributed by atoms with Crippen LogP contribution >= 0.6 is 0 Å². The van der Waals surface area contributed by atoms with Crippen molar-refractivity contribution in [2.75, 3.05) is 25.5 Å². The highest BCUT2D eigenvalue weighted by molar-refractivity contribution is 5.80. The molecule has 1 atom stereocenters. The number of anilines is 1. The van der Waals surface area contributed by atoms with Crippen LogP contribution in [0.2, 0.25) is 0 Å². The molecule has 1 aliphatic rings. The first-order chi connectivity index (χ1) is 13.4. The third kappa shape index (κ3) is 4.49. The van der Waals surface area contributed by atoms with Gasteiger partial charge in [-0.15, -0.1) is 0 Å². The number of hydrogen-bond donors (Lipinski definition) is 2. The van der Waals surface area contributed by atoms with Gasteiger partial charge in [0.05, 0.1) is 5.69 Å². The van der Waals surface area contributed by atoms with Crippen molar-refractivity contribution in [2.45, 2.75) is 52.6 Å². The number of aryl methyl sites for hydroxylation is 3. The third-order valence-corrected chi connectivity index (χ3v) is 5.73. The van der Waals surface area contributed by atoms with Crippen molar-refractivity contribution in [1.82, 2.24) is 20.4 Å². The van der Waals surface area contributed by atoms with Gasteiger partial charge in [-0.25, -0.2) is 0 Å². The van der Waals surface area contributed by atoms with Gasteiger partial charge in [-0.3, -0.25) is 9.67 Å². The van der Waals surface area contributed by atoms with Gasteiger partial charge in [-0.05, 0) is 62.8 Å². The predicted molar refractivity (Wildman–Crippen MR) is 117 cm³/mol. The highest BCUT2D eigenvalue weighted by Gasteiger charge is 2.15. The summed E-state index contributed by atoms with van der Waals surface area (Å²) >= 11 is 0. The minimum absolute atomic E-state index is 0.269. The molecule has 0 saturated heterocycles. The SMILES string of the molecule is CN=C(NCc1ccc2c(c1)CCCN2C)NC(C)Cc1c(C)nn(C)c1C. The molecule has 6 nitrogen and oxygen atoms in total. The van der Waals surface area contributed by atoms with Gasteiger partial charge in [0, 0.05) is 51.7 Å². The van der Waals surface area contributed by atoms with E-state index >= 15 is 0 Å². The zero-order valence-corrected chi connectivity index (χ0v) is 18.1. The van der Waals surface area contributed by atoms with Crippen LogP contribution in [0.5, 0.6) is 0 Å². The maximum absolute atomic E-state index is 4.52. The molecule has 2 N–H and O–H groups in total. The Kier molecular flexibility index (Phi) is 6.27. The van der Waals surface area contributed by atoms with Gasteiger partial charge in [0.15, 0.2) is 5.96 Å². The Morgan fingerprint density at radius 1 is 1.29 bits per heavy atom. The lowest BCUT2D eigenvalue weighted by atomic mass is 9.99. The Bertz CT molecular complexity index is 851. The van der Waals surface area contributed by atoms with Crippen molar-refractivity contribution in [3.63, 3.8) is 0 Å². The minimum atomic E-state index is 0.269. The van der Waals surface area contributed by atoms with Crippen LogP contribution in [0.1, 0.15) is 41.4 Å². The van der Waals surface area contributed by atoms with Crippen LogP contribution in [0.15, 0.2) is 23.2 Å². The summed E-state index contributed by atoms with van der Waals surface area (Å²) in [5, 5.41) is 11.5. The van der Waals surface area contributed by atoms with Crippen LogP contribution in [0.4, 0.5) is 5.69 Å². The fourth-order valence-electron chi connectivity index (χ4n) is 4.03. The molecule has 2 heterocycles. The largest absolute Gasteiger partial charge is 0.374 e. The van der Waals surface area contributed by atoms with Crippen LogP contribution in [0.3, 0.4) is 0 Å². The summed E-state index contributed by atoms with van der Waals surface area (Å²) in [5.74, 6) is 0.835. The molecule has 152 valence electrons. The van der Waals surface area contributed by atoms with E-state index in [1.165, 1.54) is 40.9 Å². The van der Waals surface area contributed by atoms with Crippen LogP contribution in [0, 0.1) is 13.8 Å². The lowest BCUT2D eigenvalue weighted by molar-refractivity contribution is 0.635. The number of benzene rings is 1. The summed E-state index contributed by atoms with van der Waals surface area (Å²) in [6.07, 6.45) is 3.33. The van der Waals surface area contributed by atoms with Crippen molar-refractivity contribution in [1.29, 1.82) is 0 Å². The smallest absolute Gasteiger partial charge is 0.191 e. The van der Waals surface area contributed by atoms with E-state index < -0.39 is 0 Å². The first-order valence-electron chi connectivity index (χ1n) is 10.2. The summed E-state index contributed by atoms with van der Waals surface area (Å²) in [4.78, 5) is 6.75. The van der Waals surface area contributed by atoms with Gasteiger partial charge >= 0.3 is 0 Å². The fourth-order valence-corrected chi connectivity index (χ4v) is 4.03. The molecule has 1 aliphatic heterocycles. The monoisotopic (exact) mass is 382 g/mol. The molecule has 0 spiro atoms. The molecule has 28 heavy (non-hydrogen) atoms. The maximum atomic E-state index is 4.52. The van der Waals surface area contributed by atoms with Gasteiger partial charge in [0.25, 0.3) is 0 Å². The Morgan fingerprint density at radius 3 is 2.75 bits per heavy atom. The molecule has 1 unspecified atom stereocenters. The van der Waals surface area contributed by atoms with Crippen molar-refractivity contribution in [3.05, 3.63) is 46.3 Å². The Labute approximate surface area is 169 Å². The topological polar surface area (TPSA) is 57.5 Å². The minimum Gasteiger partial charge on any atom is -0.374 e. The molecular weight excluding hydrogens is 348 g/mol. The molecule has 0 bridgehead atoms. The van der Waals surface area contributed by atoms with Crippen molar-refractivity contribution in [3.8, 4) is 0 Å². The van der Waals surface area contributed by atoms with E-state index in [9.17, 15) is 0 Å². The number of aliphatic imine (C=N–C) groups is 1. The molecular formula is C22H34N6. The Morgan fingerprint density at radius 2 is 2.07 bits per heavy atom. The summed E-state index contributed by atoms with van der Waals surface area (Å²) < 4.78 is 1.96. The van der Waals surface area contributed by atoms with Gasteiger partial charge in [0.2, 0.25) is 0 Å². The second kappa shape index (κ2) is 8.67. The lowest BCUT2D eigenvalue weighted by Gasteiger charge is -2.28. The average molecular weight is 383 g/mol. The van der Waals surface area contributed by atoms with Gasteiger partial charge in [0.1, 0.15) is 0 Å². The maximum Gasteiger partial charge on any atom is 0.191 e. The number of aromatic nitrogens is 2.